The van der Waals surface area contributed by atoms with Crippen LogP contribution < -0.4 is 10.5 Å². The SMILES string of the molecule is Cc1ccc(Oc2ccc([N+](=O)[O-])cc2F)c(CN)c1. The summed E-state index contributed by atoms with van der Waals surface area (Å²) < 4.78 is 19.2. The van der Waals surface area contributed by atoms with Crippen LogP contribution in [-0.4, -0.2) is 4.92 Å². The number of nitrogens with two attached hydrogens (primary N) is 1. The number of nitro groups is 1. The molecular weight excluding hydrogens is 263 g/mol. The van der Waals surface area contributed by atoms with Crippen molar-refractivity contribution in [3.8, 4) is 11.5 Å². The highest BCUT2D eigenvalue weighted by molar-refractivity contribution is 5.43. The summed E-state index contributed by atoms with van der Waals surface area (Å²) in [5.74, 6) is -0.428. The fourth-order valence-electron chi connectivity index (χ4n) is 1.77. The maximum atomic E-state index is 13.8. The van der Waals surface area contributed by atoms with Crippen LogP contribution in [0.1, 0.15) is 11.1 Å². The minimum absolute atomic E-state index is 0.0749. The van der Waals surface area contributed by atoms with Gasteiger partial charge < -0.3 is 10.5 Å². The molecule has 0 bridgehead atoms. The van der Waals surface area contributed by atoms with Gasteiger partial charge in [-0.05, 0) is 19.1 Å². The Labute approximate surface area is 114 Å². The Kier molecular flexibility index (Phi) is 3.95. The lowest BCUT2D eigenvalue weighted by molar-refractivity contribution is -0.385. The Morgan fingerprint density at radius 2 is 1.95 bits per heavy atom. The first-order valence-electron chi connectivity index (χ1n) is 5.92. The van der Waals surface area contributed by atoms with E-state index in [2.05, 4.69) is 0 Å². The zero-order valence-corrected chi connectivity index (χ0v) is 10.8. The van der Waals surface area contributed by atoms with Gasteiger partial charge in [0.15, 0.2) is 11.6 Å². The number of nitro benzene ring substituents is 1. The monoisotopic (exact) mass is 276 g/mol. The molecule has 0 atom stereocenters. The lowest BCUT2D eigenvalue weighted by Crippen LogP contribution is -2.01. The quantitative estimate of drug-likeness (QED) is 0.686. The van der Waals surface area contributed by atoms with E-state index in [1.807, 2.05) is 19.1 Å². The Hall–Kier alpha value is -2.47. The molecule has 0 heterocycles. The van der Waals surface area contributed by atoms with Crippen molar-refractivity contribution in [2.75, 3.05) is 0 Å². The minimum Gasteiger partial charge on any atom is -0.454 e. The van der Waals surface area contributed by atoms with E-state index in [4.69, 9.17) is 10.5 Å². The van der Waals surface area contributed by atoms with Gasteiger partial charge in [0.1, 0.15) is 5.75 Å². The Morgan fingerprint density at radius 3 is 2.55 bits per heavy atom. The number of rotatable bonds is 4. The maximum absolute atomic E-state index is 13.8. The molecule has 6 heteroatoms. The second-order valence-electron chi connectivity index (χ2n) is 4.29. The van der Waals surface area contributed by atoms with E-state index in [0.29, 0.717) is 5.75 Å². The van der Waals surface area contributed by atoms with Crippen molar-refractivity contribution in [2.24, 2.45) is 5.73 Å². The van der Waals surface area contributed by atoms with Crippen molar-refractivity contribution in [1.29, 1.82) is 0 Å². The summed E-state index contributed by atoms with van der Waals surface area (Å²) in [5, 5.41) is 10.5. The maximum Gasteiger partial charge on any atom is 0.272 e. The molecule has 0 spiro atoms. The van der Waals surface area contributed by atoms with Crippen LogP contribution in [0.4, 0.5) is 10.1 Å². The van der Waals surface area contributed by atoms with E-state index in [1.165, 1.54) is 12.1 Å². The summed E-state index contributed by atoms with van der Waals surface area (Å²) in [6.07, 6.45) is 0. The van der Waals surface area contributed by atoms with Gasteiger partial charge in [-0.1, -0.05) is 17.7 Å². The van der Waals surface area contributed by atoms with Crippen LogP contribution in [0, 0.1) is 22.9 Å². The zero-order chi connectivity index (χ0) is 14.7. The smallest absolute Gasteiger partial charge is 0.272 e. The van der Waals surface area contributed by atoms with E-state index in [1.54, 1.807) is 6.07 Å². The van der Waals surface area contributed by atoms with Crippen LogP contribution in [0.5, 0.6) is 11.5 Å². The highest BCUT2D eigenvalue weighted by Crippen LogP contribution is 2.30. The van der Waals surface area contributed by atoms with E-state index < -0.39 is 10.7 Å². The molecule has 0 aliphatic rings. The number of nitrogens with zero attached hydrogens (tertiary/aromatic N) is 1. The summed E-state index contributed by atoms with van der Waals surface area (Å²) in [7, 11) is 0. The summed E-state index contributed by atoms with van der Waals surface area (Å²) in [6.45, 7) is 2.17. The first-order valence-corrected chi connectivity index (χ1v) is 5.92. The average Bonchev–Trinajstić information content (AvgIpc) is 2.42. The molecule has 2 aromatic carbocycles. The summed E-state index contributed by atoms with van der Waals surface area (Å²) in [6, 6.07) is 8.60. The molecule has 2 aromatic rings. The van der Waals surface area contributed by atoms with Crippen molar-refractivity contribution in [2.45, 2.75) is 13.5 Å². The third-order valence-electron chi connectivity index (χ3n) is 2.78. The molecule has 2 rings (SSSR count). The highest BCUT2D eigenvalue weighted by Gasteiger charge is 2.13. The van der Waals surface area contributed by atoms with Crippen molar-refractivity contribution in [3.05, 3.63) is 63.5 Å². The standard InChI is InChI=1S/C14H13FN2O3/c1-9-2-4-13(10(6-9)8-16)20-14-5-3-11(17(18)19)7-12(14)15/h2-7H,8,16H2,1H3. The topological polar surface area (TPSA) is 78.4 Å². The van der Waals surface area contributed by atoms with E-state index in [-0.39, 0.29) is 18.0 Å². The highest BCUT2D eigenvalue weighted by atomic mass is 19.1. The molecule has 0 aliphatic carbocycles. The predicted octanol–water partition coefficient (Wildman–Crippen LogP) is 3.29. The van der Waals surface area contributed by atoms with E-state index in [0.717, 1.165) is 17.2 Å². The fraction of sp³-hybridized carbons (Fsp3) is 0.143. The Bertz CT molecular complexity index is 659. The molecule has 2 N–H and O–H groups in total. The molecular formula is C14H13FN2O3. The minimum atomic E-state index is -0.789. The predicted molar refractivity (Wildman–Crippen MR) is 72.2 cm³/mol. The molecule has 0 unspecified atom stereocenters. The lowest BCUT2D eigenvalue weighted by atomic mass is 10.1. The number of halogens is 1. The van der Waals surface area contributed by atoms with Crippen LogP contribution in [0.25, 0.3) is 0 Å². The van der Waals surface area contributed by atoms with Gasteiger partial charge in [-0.25, -0.2) is 4.39 Å². The third kappa shape index (κ3) is 2.92. The van der Waals surface area contributed by atoms with Gasteiger partial charge in [0.05, 0.1) is 11.0 Å². The second kappa shape index (κ2) is 5.66. The van der Waals surface area contributed by atoms with Gasteiger partial charge in [-0.2, -0.15) is 0 Å². The van der Waals surface area contributed by atoms with Gasteiger partial charge in [-0.15, -0.1) is 0 Å². The normalized spacial score (nSPS) is 10.3. The summed E-state index contributed by atoms with van der Waals surface area (Å²) >= 11 is 0. The number of benzene rings is 2. The Balaban J connectivity index is 2.33. The Morgan fingerprint density at radius 1 is 1.25 bits per heavy atom. The van der Waals surface area contributed by atoms with Crippen molar-refractivity contribution < 1.29 is 14.1 Å². The molecule has 0 saturated carbocycles. The average molecular weight is 276 g/mol. The molecule has 104 valence electrons. The lowest BCUT2D eigenvalue weighted by Gasteiger charge is -2.11. The number of aryl methyl sites for hydroxylation is 1. The van der Waals surface area contributed by atoms with E-state index >= 15 is 0 Å². The number of hydrogen-bond donors (Lipinski definition) is 1. The molecule has 0 aromatic heterocycles. The molecule has 0 saturated heterocycles. The molecule has 20 heavy (non-hydrogen) atoms. The van der Waals surface area contributed by atoms with Crippen LogP contribution >= 0.6 is 0 Å². The molecule has 0 amide bonds. The summed E-state index contributed by atoms with van der Waals surface area (Å²) in [5.41, 5.74) is 7.04. The molecule has 0 aliphatic heterocycles. The van der Waals surface area contributed by atoms with Crippen molar-refractivity contribution >= 4 is 5.69 Å². The second-order valence-corrected chi connectivity index (χ2v) is 4.29. The van der Waals surface area contributed by atoms with Gasteiger partial charge in [0, 0.05) is 18.2 Å². The zero-order valence-electron chi connectivity index (χ0n) is 10.8. The van der Waals surface area contributed by atoms with Crippen LogP contribution in [0.2, 0.25) is 0 Å². The van der Waals surface area contributed by atoms with Gasteiger partial charge >= 0.3 is 0 Å². The molecule has 0 fully saturated rings. The van der Waals surface area contributed by atoms with Crippen molar-refractivity contribution in [1.82, 2.24) is 0 Å². The summed E-state index contributed by atoms with van der Waals surface area (Å²) in [4.78, 5) is 9.88. The molecule has 5 nitrogen and oxygen atoms in total. The van der Waals surface area contributed by atoms with Gasteiger partial charge in [-0.3, -0.25) is 10.1 Å². The first-order chi connectivity index (χ1) is 9.51. The van der Waals surface area contributed by atoms with Crippen LogP contribution in [0.3, 0.4) is 0 Å². The van der Waals surface area contributed by atoms with Gasteiger partial charge in [0.2, 0.25) is 0 Å². The first kappa shape index (κ1) is 14.0. The largest absolute Gasteiger partial charge is 0.454 e. The number of hydrogen-bond acceptors (Lipinski definition) is 4. The third-order valence-corrected chi connectivity index (χ3v) is 2.78. The fourth-order valence-corrected chi connectivity index (χ4v) is 1.77. The van der Waals surface area contributed by atoms with Gasteiger partial charge in [0.25, 0.3) is 5.69 Å². The van der Waals surface area contributed by atoms with E-state index in [9.17, 15) is 14.5 Å². The van der Waals surface area contributed by atoms with Crippen molar-refractivity contribution in [3.63, 3.8) is 0 Å². The number of non-ortho nitro benzene ring substituents is 1. The number of ether oxygens (including phenoxy) is 1. The molecule has 0 radical (unpaired) electrons. The van der Waals surface area contributed by atoms with Crippen LogP contribution in [0.15, 0.2) is 36.4 Å². The van der Waals surface area contributed by atoms with Crippen LogP contribution in [-0.2, 0) is 6.54 Å².